The molecule has 128 valence electrons. The number of hydrogen-bond donors (Lipinski definition) is 2. The maximum Gasteiger partial charge on any atom is 0.261 e. The highest BCUT2D eigenvalue weighted by Gasteiger charge is 2.19. The van der Waals surface area contributed by atoms with E-state index in [4.69, 9.17) is 4.74 Å². The van der Waals surface area contributed by atoms with Crippen molar-refractivity contribution in [1.29, 1.82) is 0 Å². The normalized spacial score (nSPS) is 14.7. The first-order chi connectivity index (χ1) is 11.8. The lowest BCUT2D eigenvalue weighted by Crippen LogP contribution is -2.39. The molecule has 1 aromatic carbocycles. The molecule has 3 rings (SSSR count). The zero-order valence-corrected chi connectivity index (χ0v) is 13.9. The summed E-state index contributed by atoms with van der Waals surface area (Å²) >= 11 is 0. The van der Waals surface area contributed by atoms with E-state index >= 15 is 0 Å². The number of carbonyl (C=O) groups is 1. The lowest BCUT2D eigenvalue weighted by molar-refractivity contribution is -0.128. The third-order valence-corrected chi connectivity index (χ3v) is 4.30. The number of aryl methyl sites for hydroxylation is 2. The number of nitrogens with zero attached hydrogens (tertiary/aromatic N) is 3. The Kier molecular flexibility index (Phi) is 5.40. The summed E-state index contributed by atoms with van der Waals surface area (Å²) in [6.07, 6.45) is 5.39. The molecule has 7 heteroatoms. The molecule has 0 saturated carbocycles. The minimum Gasteiger partial charge on any atom is -0.481 e. The van der Waals surface area contributed by atoms with Gasteiger partial charge >= 0.3 is 0 Å². The first-order valence-corrected chi connectivity index (χ1v) is 8.54. The number of nitrogens with one attached hydrogen (secondary N) is 2. The van der Waals surface area contributed by atoms with Gasteiger partial charge in [-0.3, -0.25) is 4.79 Å². The highest BCUT2D eigenvalue weighted by Crippen LogP contribution is 2.26. The standard InChI is InChI=1S/C17H23N5O2/c1-2-15(17(23)18-10-9-16-19-21-22-20-16)24-14-8-7-12-5-3-4-6-13(12)11-14/h7-8,11,15H,2-6,9-10H2,1H3,(H,18,23)(H,19,20,21,22)/t15-/m0/s1. The van der Waals surface area contributed by atoms with E-state index in [1.54, 1.807) is 0 Å². The van der Waals surface area contributed by atoms with E-state index in [0.29, 0.717) is 25.2 Å². The number of hydrogen-bond acceptors (Lipinski definition) is 5. The van der Waals surface area contributed by atoms with Crippen molar-refractivity contribution in [2.45, 2.75) is 51.6 Å². The molecule has 0 spiro atoms. The first kappa shape index (κ1) is 16.4. The number of tetrazole rings is 1. The number of ether oxygens (including phenoxy) is 1. The van der Waals surface area contributed by atoms with Crippen molar-refractivity contribution in [1.82, 2.24) is 25.9 Å². The lowest BCUT2D eigenvalue weighted by Gasteiger charge is -2.20. The highest BCUT2D eigenvalue weighted by molar-refractivity contribution is 5.81. The van der Waals surface area contributed by atoms with Crippen LogP contribution in [0.4, 0.5) is 0 Å². The van der Waals surface area contributed by atoms with Gasteiger partial charge in [0.25, 0.3) is 5.91 Å². The van der Waals surface area contributed by atoms with E-state index in [1.165, 1.54) is 24.0 Å². The molecular weight excluding hydrogens is 306 g/mol. The second-order valence-corrected chi connectivity index (χ2v) is 6.02. The van der Waals surface area contributed by atoms with Crippen LogP contribution in [0.3, 0.4) is 0 Å². The average Bonchev–Trinajstić information content (AvgIpc) is 3.13. The SMILES string of the molecule is CC[C@H](Oc1ccc2c(c1)CCCC2)C(=O)NCCc1nn[nH]n1. The van der Waals surface area contributed by atoms with Crippen molar-refractivity contribution in [3.05, 3.63) is 35.2 Å². The van der Waals surface area contributed by atoms with Gasteiger partial charge in [-0.1, -0.05) is 18.2 Å². The number of fused-ring (bicyclic) bond motifs is 1. The third kappa shape index (κ3) is 4.10. The van der Waals surface area contributed by atoms with Crippen molar-refractivity contribution < 1.29 is 9.53 Å². The van der Waals surface area contributed by atoms with Crippen molar-refractivity contribution >= 4 is 5.91 Å². The molecule has 0 bridgehead atoms. The predicted molar refractivity (Wildman–Crippen MR) is 88.7 cm³/mol. The Labute approximate surface area is 141 Å². The van der Waals surface area contributed by atoms with Crippen LogP contribution in [-0.2, 0) is 24.1 Å². The quantitative estimate of drug-likeness (QED) is 0.805. The maximum absolute atomic E-state index is 12.3. The van der Waals surface area contributed by atoms with E-state index in [1.807, 2.05) is 13.0 Å². The minimum atomic E-state index is -0.489. The summed E-state index contributed by atoms with van der Waals surface area (Å²) in [5, 5.41) is 16.5. The van der Waals surface area contributed by atoms with Gasteiger partial charge in [0.05, 0.1) is 0 Å². The van der Waals surface area contributed by atoms with Crippen molar-refractivity contribution in [3.63, 3.8) is 0 Å². The predicted octanol–water partition coefficient (Wildman–Crippen LogP) is 1.59. The molecular formula is C17H23N5O2. The molecule has 1 aliphatic carbocycles. The average molecular weight is 329 g/mol. The molecule has 1 atom stereocenters. The Morgan fingerprint density at radius 3 is 2.92 bits per heavy atom. The molecule has 0 fully saturated rings. The maximum atomic E-state index is 12.3. The summed E-state index contributed by atoms with van der Waals surface area (Å²) in [6.45, 7) is 2.41. The Bertz CT molecular complexity index is 672. The second kappa shape index (κ2) is 7.90. The fourth-order valence-electron chi connectivity index (χ4n) is 2.97. The molecule has 7 nitrogen and oxygen atoms in total. The van der Waals surface area contributed by atoms with Gasteiger partial charge in [-0.25, -0.2) is 0 Å². The van der Waals surface area contributed by atoms with E-state index < -0.39 is 6.10 Å². The van der Waals surface area contributed by atoms with Gasteiger partial charge in [0.15, 0.2) is 11.9 Å². The number of benzene rings is 1. The van der Waals surface area contributed by atoms with Gasteiger partial charge in [0.2, 0.25) is 0 Å². The number of amides is 1. The number of H-pyrrole nitrogens is 1. The zero-order valence-electron chi connectivity index (χ0n) is 13.9. The summed E-state index contributed by atoms with van der Waals surface area (Å²) in [6, 6.07) is 6.19. The zero-order chi connectivity index (χ0) is 16.8. The monoisotopic (exact) mass is 329 g/mol. The summed E-state index contributed by atoms with van der Waals surface area (Å²) in [5.74, 6) is 1.24. The molecule has 0 unspecified atom stereocenters. The third-order valence-electron chi connectivity index (χ3n) is 4.30. The molecule has 24 heavy (non-hydrogen) atoms. The van der Waals surface area contributed by atoms with Gasteiger partial charge < -0.3 is 10.1 Å². The van der Waals surface area contributed by atoms with E-state index in [0.717, 1.165) is 18.6 Å². The Hall–Kier alpha value is -2.44. The van der Waals surface area contributed by atoms with Crippen molar-refractivity contribution in [3.8, 4) is 5.75 Å². The van der Waals surface area contributed by atoms with Crippen LogP contribution in [0.5, 0.6) is 5.75 Å². The molecule has 1 heterocycles. The van der Waals surface area contributed by atoms with Crippen LogP contribution < -0.4 is 10.1 Å². The van der Waals surface area contributed by atoms with Crippen LogP contribution in [0, 0.1) is 0 Å². The van der Waals surface area contributed by atoms with Gasteiger partial charge in [0.1, 0.15) is 5.75 Å². The minimum absolute atomic E-state index is 0.112. The smallest absolute Gasteiger partial charge is 0.261 e. The topological polar surface area (TPSA) is 92.8 Å². The van der Waals surface area contributed by atoms with Gasteiger partial charge in [0, 0.05) is 13.0 Å². The second-order valence-electron chi connectivity index (χ2n) is 6.02. The number of aromatic amines is 1. The van der Waals surface area contributed by atoms with Crippen LogP contribution in [0.2, 0.25) is 0 Å². The van der Waals surface area contributed by atoms with E-state index in [-0.39, 0.29) is 5.91 Å². The van der Waals surface area contributed by atoms with Crippen molar-refractivity contribution in [2.24, 2.45) is 0 Å². The number of carbonyl (C=O) groups excluding carboxylic acids is 1. The molecule has 0 saturated heterocycles. The van der Waals surface area contributed by atoms with Gasteiger partial charge in [-0.15, -0.1) is 10.2 Å². The molecule has 0 aliphatic heterocycles. The summed E-state index contributed by atoms with van der Waals surface area (Å²) in [7, 11) is 0. The molecule has 1 amide bonds. The number of aromatic nitrogens is 4. The molecule has 1 aliphatic rings. The Morgan fingerprint density at radius 2 is 2.17 bits per heavy atom. The van der Waals surface area contributed by atoms with Crippen LogP contribution in [-0.4, -0.2) is 39.2 Å². The van der Waals surface area contributed by atoms with Crippen LogP contribution in [0.15, 0.2) is 18.2 Å². The Morgan fingerprint density at radius 1 is 1.33 bits per heavy atom. The van der Waals surface area contributed by atoms with Crippen LogP contribution in [0.1, 0.15) is 43.1 Å². The largest absolute Gasteiger partial charge is 0.481 e. The first-order valence-electron chi connectivity index (χ1n) is 8.54. The van der Waals surface area contributed by atoms with Crippen LogP contribution >= 0.6 is 0 Å². The fourth-order valence-corrected chi connectivity index (χ4v) is 2.97. The van der Waals surface area contributed by atoms with Crippen LogP contribution in [0.25, 0.3) is 0 Å². The van der Waals surface area contributed by atoms with Crippen molar-refractivity contribution in [2.75, 3.05) is 6.54 Å². The van der Waals surface area contributed by atoms with E-state index in [9.17, 15) is 4.79 Å². The highest BCUT2D eigenvalue weighted by atomic mass is 16.5. The molecule has 1 aromatic heterocycles. The van der Waals surface area contributed by atoms with E-state index in [2.05, 4.69) is 38.1 Å². The molecule has 2 N–H and O–H groups in total. The summed E-state index contributed by atoms with van der Waals surface area (Å²) in [5.41, 5.74) is 2.76. The Balaban J connectivity index is 1.54. The number of rotatable bonds is 7. The lowest BCUT2D eigenvalue weighted by atomic mass is 9.92. The fraction of sp³-hybridized carbons (Fsp3) is 0.529. The van der Waals surface area contributed by atoms with Gasteiger partial charge in [-0.05, 0) is 55.4 Å². The molecule has 0 radical (unpaired) electrons. The summed E-state index contributed by atoms with van der Waals surface area (Å²) < 4.78 is 5.92. The summed E-state index contributed by atoms with van der Waals surface area (Å²) in [4.78, 5) is 12.3. The van der Waals surface area contributed by atoms with Gasteiger partial charge in [-0.2, -0.15) is 5.21 Å². The molecule has 2 aromatic rings.